The maximum Gasteiger partial charge on any atom is 0.250 e. The smallest absolute Gasteiger partial charge is 0.250 e. The highest BCUT2D eigenvalue weighted by Gasteiger charge is 2.27. The molecular formula is C19H18N10O3. The molecule has 6 rings (SSSR count). The highest BCUT2D eigenvalue weighted by atomic mass is 16.4. The molecule has 32 heavy (non-hydrogen) atoms. The molecule has 0 saturated heterocycles. The van der Waals surface area contributed by atoms with Gasteiger partial charge in [-0.3, -0.25) is 9.89 Å². The fraction of sp³-hybridized carbons (Fsp3) is 0.368. The number of amides is 1. The summed E-state index contributed by atoms with van der Waals surface area (Å²) in [5, 5.41) is 21.9. The predicted molar refractivity (Wildman–Crippen MR) is 106 cm³/mol. The first-order valence-electron chi connectivity index (χ1n) is 10.2. The number of rotatable bonds is 5. The molecule has 162 valence electrons. The van der Waals surface area contributed by atoms with Gasteiger partial charge < -0.3 is 19.1 Å². The van der Waals surface area contributed by atoms with E-state index in [1.165, 1.54) is 6.39 Å². The third-order valence-corrected chi connectivity index (χ3v) is 5.63. The molecule has 2 aliphatic rings. The van der Waals surface area contributed by atoms with E-state index in [0.717, 1.165) is 35.7 Å². The van der Waals surface area contributed by atoms with Gasteiger partial charge in [0.05, 0.1) is 23.5 Å². The summed E-state index contributed by atoms with van der Waals surface area (Å²) in [5.41, 5.74) is 3.31. The molecule has 1 aliphatic heterocycles. The highest BCUT2D eigenvalue weighted by Crippen LogP contribution is 2.23. The van der Waals surface area contributed by atoms with Crippen LogP contribution < -0.4 is 5.32 Å². The maximum absolute atomic E-state index is 12.6. The second kappa shape index (κ2) is 7.51. The zero-order valence-electron chi connectivity index (χ0n) is 16.9. The van der Waals surface area contributed by atoms with E-state index in [0.29, 0.717) is 31.0 Å². The van der Waals surface area contributed by atoms with Crippen molar-refractivity contribution in [2.45, 2.75) is 38.3 Å². The van der Waals surface area contributed by atoms with Crippen LogP contribution in [0.15, 0.2) is 27.6 Å². The highest BCUT2D eigenvalue weighted by molar-refractivity contribution is 5.78. The maximum atomic E-state index is 12.6. The number of hydrogen-bond acceptors (Lipinski definition) is 11. The van der Waals surface area contributed by atoms with Crippen molar-refractivity contribution in [2.24, 2.45) is 0 Å². The minimum absolute atomic E-state index is 0.0184. The zero-order chi connectivity index (χ0) is 21.5. The van der Waals surface area contributed by atoms with E-state index in [-0.39, 0.29) is 30.2 Å². The fourth-order valence-corrected chi connectivity index (χ4v) is 3.95. The van der Waals surface area contributed by atoms with Gasteiger partial charge in [0.15, 0.2) is 6.39 Å². The van der Waals surface area contributed by atoms with E-state index >= 15 is 0 Å². The van der Waals surface area contributed by atoms with E-state index in [9.17, 15) is 4.79 Å². The van der Waals surface area contributed by atoms with E-state index < -0.39 is 0 Å². The monoisotopic (exact) mass is 434 g/mol. The minimum atomic E-state index is -0.102. The van der Waals surface area contributed by atoms with Gasteiger partial charge in [-0.2, -0.15) is 0 Å². The first-order valence-corrected chi connectivity index (χ1v) is 10.2. The number of nitrogens with zero attached hydrogens (tertiary/aromatic N) is 8. The molecule has 2 N–H and O–H groups in total. The topological polar surface area (TPSA) is 165 Å². The Morgan fingerprint density at radius 3 is 2.94 bits per heavy atom. The molecule has 4 aromatic heterocycles. The van der Waals surface area contributed by atoms with Crippen LogP contribution in [0.25, 0.3) is 11.5 Å². The molecule has 0 spiro atoms. The zero-order valence-corrected chi connectivity index (χ0v) is 16.9. The largest absolute Gasteiger partial charge is 0.448 e. The average molecular weight is 434 g/mol. The SMILES string of the molecule is O=C(Cc1nnc(-c2cnc(NC3Cc4ncoc4C3)nc2)o1)N1CCc2[nH]nnc2C1. The molecule has 0 aromatic carbocycles. The van der Waals surface area contributed by atoms with Crippen LogP contribution in [0.2, 0.25) is 0 Å². The molecule has 5 heterocycles. The lowest BCUT2D eigenvalue weighted by molar-refractivity contribution is -0.131. The van der Waals surface area contributed by atoms with Crippen molar-refractivity contribution in [3.63, 3.8) is 0 Å². The van der Waals surface area contributed by atoms with Gasteiger partial charge in [0, 0.05) is 44.2 Å². The third-order valence-electron chi connectivity index (χ3n) is 5.63. The van der Waals surface area contributed by atoms with Gasteiger partial charge in [0.25, 0.3) is 5.89 Å². The predicted octanol–water partition coefficient (Wildman–Crippen LogP) is 0.339. The number of oxazole rings is 1. The lowest BCUT2D eigenvalue weighted by Gasteiger charge is -2.25. The summed E-state index contributed by atoms with van der Waals surface area (Å²) in [6.45, 7) is 1.02. The Balaban J connectivity index is 1.07. The molecule has 0 fully saturated rings. The molecule has 1 unspecified atom stereocenters. The molecule has 1 atom stereocenters. The number of anilines is 1. The Bertz CT molecular complexity index is 1240. The number of aromatic nitrogens is 8. The lowest BCUT2D eigenvalue weighted by Crippen LogP contribution is -2.37. The van der Waals surface area contributed by atoms with Crippen LogP contribution in [0.3, 0.4) is 0 Å². The van der Waals surface area contributed by atoms with Crippen molar-refractivity contribution < 1.29 is 13.6 Å². The van der Waals surface area contributed by atoms with Crippen LogP contribution in [0.1, 0.15) is 28.7 Å². The Morgan fingerprint density at radius 1 is 1.16 bits per heavy atom. The normalized spacial score (nSPS) is 17.2. The van der Waals surface area contributed by atoms with E-state index in [1.54, 1.807) is 17.3 Å². The summed E-state index contributed by atoms with van der Waals surface area (Å²) < 4.78 is 11.0. The van der Waals surface area contributed by atoms with Gasteiger partial charge in [-0.05, 0) is 0 Å². The summed E-state index contributed by atoms with van der Waals surface area (Å²) in [5.74, 6) is 1.80. The van der Waals surface area contributed by atoms with E-state index in [4.69, 9.17) is 8.83 Å². The van der Waals surface area contributed by atoms with Crippen LogP contribution in [0, 0.1) is 0 Å². The van der Waals surface area contributed by atoms with Gasteiger partial charge in [-0.25, -0.2) is 15.0 Å². The fourth-order valence-electron chi connectivity index (χ4n) is 3.95. The number of nitrogens with one attached hydrogen (secondary N) is 2. The average Bonchev–Trinajstić information content (AvgIpc) is 3.58. The number of aromatic amines is 1. The lowest BCUT2D eigenvalue weighted by atomic mass is 10.1. The summed E-state index contributed by atoms with van der Waals surface area (Å²) in [4.78, 5) is 27.2. The minimum Gasteiger partial charge on any atom is -0.448 e. The number of carbonyl (C=O) groups is 1. The third kappa shape index (κ3) is 3.46. The molecular weight excluding hydrogens is 416 g/mol. The Labute approximate surface area is 180 Å². The van der Waals surface area contributed by atoms with Gasteiger partial charge >= 0.3 is 0 Å². The van der Waals surface area contributed by atoms with Gasteiger partial charge in [-0.1, -0.05) is 5.21 Å². The van der Waals surface area contributed by atoms with Crippen LogP contribution in [0.5, 0.6) is 0 Å². The molecule has 0 saturated carbocycles. The van der Waals surface area contributed by atoms with E-state index in [1.807, 2.05) is 0 Å². The second-order valence-corrected chi connectivity index (χ2v) is 7.75. The van der Waals surface area contributed by atoms with Crippen LogP contribution in [-0.4, -0.2) is 64.0 Å². The molecule has 0 bridgehead atoms. The molecule has 13 heteroatoms. The van der Waals surface area contributed by atoms with Gasteiger partial charge in [0.2, 0.25) is 17.7 Å². The van der Waals surface area contributed by atoms with Crippen molar-refractivity contribution in [1.82, 2.24) is 45.5 Å². The quantitative estimate of drug-likeness (QED) is 0.445. The molecule has 0 radical (unpaired) electrons. The molecule has 1 aliphatic carbocycles. The summed E-state index contributed by atoms with van der Waals surface area (Å²) in [7, 11) is 0. The number of H-pyrrole nitrogens is 1. The van der Waals surface area contributed by atoms with Crippen LogP contribution in [0.4, 0.5) is 5.95 Å². The van der Waals surface area contributed by atoms with Crippen molar-refractivity contribution >= 4 is 11.9 Å². The van der Waals surface area contributed by atoms with Crippen molar-refractivity contribution in [3.8, 4) is 11.5 Å². The van der Waals surface area contributed by atoms with Gasteiger partial charge in [-0.15, -0.1) is 15.3 Å². The summed E-state index contributed by atoms with van der Waals surface area (Å²) >= 11 is 0. The molecule has 4 aromatic rings. The van der Waals surface area contributed by atoms with Crippen molar-refractivity contribution in [2.75, 3.05) is 11.9 Å². The van der Waals surface area contributed by atoms with Gasteiger partial charge in [0.1, 0.15) is 17.9 Å². The standard InChI is InChI=1S/C19H18N10O3/c30-17(29-2-1-12-14(8-29)25-28-24-12)5-16-26-27-18(32-16)10-6-20-19(21-7-10)23-11-3-13-15(4-11)31-9-22-13/h6-7,9,11H,1-5,8H2,(H,20,21,23)(H,24,25,28). The summed E-state index contributed by atoms with van der Waals surface area (Å²) in [6, 6.07) is 0.146. The first-order chi connectivity index (χ1) is 15.7. The number of fused-ring (bicyclic) bond motifs is 2. The first kappa shape index (κ1) is 18.6. The Morgan fingerprint density at radius 2 is 2.06 bits per heavy atom. The van der Waals surface area contributed by atoms with E-state index in [2.05, 4.69) is 45.9 Å². The molecule has 13 nitrogen and oxygen atoms in total. The van der Waals surface area contributed by atoms with Crippen LogP contribution >= 0.6 is 0 Å². The van der Waals surface area contributed by atoms with Crippen molar-refractivity contribution in [3.05, 3.63) is 47.5 Å². The second-order valence-electron chi connectivity index (χ2n) is 7.75. The van der Waals surface area contributed by atoms with Crippen molar-refractivity contribution in [1.29, 1.82) is 0 Å². The Hall–Kier alpha value is -4.16. The summed E-state index contributed by atoms with van der Waals surface area (Å²) in [6.07, 6.45) is 6.91. The Kier molecular flexibility index (Phi) is 4.37. The van der Waals surface area contributed by atoms with Crippen LogP contribution in [-0.2, 0) is 37.0 Å². The number of hydrogen-bond donors (Lipinski definition) is 2. The number of carbonyl (C=O) groups excluding carboxylic acids is 1. The molecule has 1 amide bonds.